The number of benzene rings is 2. The second kappa shape index (κ2) is 10.7. The van der Waals surface area contributed by atoms with E-state index in [4.69, 9.17) is 9.47 Å². The summed E-state index contributed by atoms with van der Waals surface area (Å²) >= 11 is 0. The molecule has 0 unspecified atom stereocenters. The summed E-state index contributed by atoms with van der Waals surface area (Å²) in [6.45, 7) is 7.24. The maximum Gasteiger partial charge on any atom is 0.368 e. The van der Waals surface area contributed by atoms with Crippen molar-refractivity contribution in [2.24, 2.45) is 7.05 Å². The molecule has 0 bridgehead atoms. The first-order chi connectivity index (χ1) is 16.6. The van der Waals surface area contributed by atoms with Gasteiger partial charge in [0.25, 0.3) is 0 Å². The summed E-state index contributed by atoms with van der Waals surface area (Å²) in [5, 5.41) is 16.4. The molecule has 12 nitrogen and oxygen atoms in total. The third-order valence-corrected chi connectivity index (χ3v) is 4.22. The van der Waals surface area contributed by atoms with E-state index in [0.717, 1.165) is 14.0 Å². The number of nitrogens with one attached hydrogen (secondary N) is 1. The van der Waals surface area contributed by atoms with Gasteiger partial charge in [0.15, 0.2) is 0 Å². The Morgan fingerprint density at radius 2 is 1.31 bits per heavy atom. The molecule has 2 aromatic heterocycles. The van der Waals surface area contributed by atoms with Crippen molar-refractivity contribution in [3.8, 4) is 22.9 Å². The lowest BCUT2D eigenvalue weighted by atomic mass is 10.3. The molecule has 0 saturated carbocycles. The number of aromatic amines is 1. The van der Waals surface area contributed by atoms with Gasteiger partial charge in [0.2, 0.25) is 0 Å². The first kappa shape index (κ1) is 25.3. The fourth-order valence-corrected chi connectivity index (χ4v) is 2.84. The minimum Gasteiger partial charge on any atom is -0.489 e. The Balaban J connectivity index is 0.000000196. The van der Waals surface area contributed by atoms with E-state index in [-0.39, 0.29) is 23.7 Å². The first-order valence-electron chi connectivity index (χ1n) is 10.5. The molecular formula is C21H24F2N8O4. The second-order valence-corrected chi connectivity index (χ2v) is 7.77. The highest BCUT2D eigenvalue weighted by Crippen LogP contribution is 2.24. The molecule has 2 heterocycles. The molecular weight excluding hydrogens is 466 g/mol. The molecule has 0 aliphatic heterocycles. The molecule has 0 aliphatic rings. The van der Waals surface area contributed by atoms with E-state index < -0.39 is 23.0 Å². The molecule has 0 amide bonds. The zero-order valence-electron chi connectivity index (χ0n) is 19.6. The maximum absolute atomic E-state index is 13.2. The Bertz CT molecular complexity index is 1410. The summed E-state index contributed by atoms with van der Waals surface area (Å²) in [6.07, 6.45) is -0.281. The molecule has 14 heteroatoms. The minimum atomic E-state index is -0.509. The predicted octanol–water partition coefficient (Wildman–Crippen LogP) is 1.77. The quantitative estimate of drug-likeness (QED) is 0.432. The topological polar surface area (TPSA) is 135 Å². The van der Waals surface area contributed by atoms with Crippen LogP contribution in [0.2, 0.25) is 0 Å². The average Bonchev–Trinajstić information content (AvgIpc) is 3.34. The van der Waals surface area contributed by atoms with Gasteiger partial charge in [0.05, 0.1) is 12.2 Å². The molecule has 0 saturated heterocycles. The number of hydrogen-bond acceptors (Lipinski definition) is 8. The monoisotopic (exact) mass is 490 g/mol. The van der Waals surface area contributed by atoms with Crippen LogP contribution in [0.15, 0.2) is 46.0 Å². The molecule has 0 fully saturated rings. The van der Waals surface area contributed by atoms with Gasteiger partial charge in [-0.25, -0.2) is 23.5 Å². The van der Waals surface area contributed by atoms with Gasteiger partial charge < -0.3 is 9.47 Å². The number of rotatable bonds is 6. The summed E-state index contributed by atoms with van der Waals surface area (Å²) in [4.78, 5) is 23.1. The van der Waals surface area contributed by atoms with Gasteiger partial charge in [-0.1, -0.05) is 0 Å². The Hall–Kier alpha value is -4.36. The van der Waals surface area contributed by atoms with Crippen molar-refractivity contribution in [1.29, 1.82) is 0 Å². The fraction of sp³-hybridized carbons (Fsp3) is 0.333. The van der Waals surface area contributed by atoms with Gasteiger partial charge >= 0.3 is 11.4 Å². The standard InChI is InChI=1S/C11H13FN4O2.C10H11FN4O2/c1-7(2)18-10-6-8(12)4-5-9(10)16-11(17)15(3)13-14-16;1-6(2)17-9-5-7(11)3-4-8(9)15-10(16)12-13-14-15/h4-7H,1-3H3;3-6H,1-2H3,(H,12,14,16). The van der Waals surface area contributed by atoms with Crippen molar-refractivity contribution in [2.45, 2.75) is 39.9 Å². The Kier molecular flexibility index (Phi) is 7.73. The van der Waals surface area contributed by atoms with Gasteiger partial charge in [-0.05, 0) is 72.8 Å². The molecule has 35 heavy (non-hydrogen) atoms. The number of nitrogens with zero attached hydrogens (tertiary/aromatic N) is 7. The van der Waals surface area contributed by atoms with Crippen molar-refractivity contribution in [1.82, 2.24) is 40.0 Å². The number of tetrazole rings is 2. The van der Waals surface area contributed by atoms with Crippen molar-refractivity contribution in [2.75, 3.05) is 0 Å². The molecule has 0 spiro atoms. The highest BCUT2D eigenvalue weighted by Gasteiger charge is 2.14. The summed E-state index contributed by atoms with van der Waals surface area (Å²) < 4.78 is 40.4. The lowest BCUT2D eigenvalue weighted by molar-refractivity contribution is 0.240. The number of hydrogen-bond donors (Lipinski definition) is 1. The fourth-order valence-electron chi connectivity index (χ4n) is 2.84. The molecule has 2 aromatic carbocycles. The molecule has 186 valence electrons. The summed E-state index contributed by atoms with van der Waals surface area (Å²) in [6, 6.07) is 7.74. The van der Waals surface area contributed by atoms with Crippen LogP contribution in [0.3, 0.4) is 0 Å². The lowest BCUT2D eigenvalue weighted by Gasteiger charge is -2.13. The van der Waals surface area contributed by atoms with Gasteiger partial charge in [0.1, 0.15) is 34.5 Å². The number of aromatic nitrogens is 8. The molecule has 4 aromatic rings. The number of H-pyrrole nitrogens is 1. The lowest BCUT2D eigenvalue weighted by Crippen LogP contribution is -2.23. The van der Waals surface area contributed by atoms with Gasteiger partial charge in [-0.3, -0.25) is 0 Å². The summed E-state index contributed by atoms with van der Waals surface area (Å²) in [5.41, 5.74) is -0.220. The van der Waals surface area contributed by atoms with Crippen LogP contribution in [-0.2, 0) is 7.05 Å². The second-order valence-electron chi connectivity index (χ2n) is 7.77. The molecule has 4 rings (SSSR count). The van der Waals surface area contributed by atoms with E-state index in [9.17, 15) is 18.4 Å². The van der Waals surface area contributed by atoms with Crippen LogP contribution in [0, 0.1) is 11.6 Å². The first-order valence-corrected chi connectivity index (χ1v) is 10.5. The number of ether oxygens (including phenoxy) is 2. The average molecular weight is 490 g/mol. The largest absolute Gasteiger partial charge is 0.489 e. The number of halogens is 2. The third-order valence-electron chi connectivity index (χ3n) is 4.22. The van der Waals surface area contributed by atoms with Crippen LogP contribution >= 0.6 is 0 Å². The Morgan fingerprint density at radius 3 is 1.71 bits per heavy atom. The molecule has 1 N–H and O–H groups in total. The molecule has 0 aliphatic carbocycles. The summed E-state index contributed by atoms with van der Waals surface area (Å²) in [5.74, 6) is -0.379. The van der Waals surface area contributed by atoms with Crippen molar-refractivity contribution in [3.05, 3.63) is 69.0 Å². The van der Waals surface area contributed by atoms with Crippen LogP contribution in [0.1, 0.15) is 27.7 Å². The van der Waals surface area contributed by atoms with E-state index in [2.05, 4.69) is 26.0 Å². The highest BCUT2D eigenvalue weighted by atomic mass is 19.1. The normalized spacial score (nSPS) is 10.9. The van der Waals surface area contributed by atoms with E-state index >= 15 is 0 Å². The van der Waals surface area contributed by atoms with Crippen LogP contribution in [0.5, 0.6) is 11.5 Å². The molecule has 0 atom stereocenters. The van der Waals surface area contributed by atoms with E-state index in [1.165, 1.54) is 43.4 Å². The van der Waals surface area contributed by atoms with Crippen LogP contribution in [0.4, 0.5) is 8.78 Å². The van der Waals surface area contributed by atoms with Crippen molar-refractivity contribution in [3.63, 3.8) is 0 Å². The van der Waals surface area contributed by atoms with Crippen LogP contribution < -0.4 is 20.9 Å². The third kappa shape index (κ3) is 6.16. The minimum absolute atomic E-state index is 0.141. The smallest absolute Gasteiger partial charge is 0.368 e. The zero-order chi connectivity index (χ0) is 25.7. The van der Waals surface area contributed by atoms with Crippen molar-refractivity contribution >= 4 is 0 Å². The van der Waals surface area contributed by atoms with Gasteiger partial charge in [0, 0.05) is 19.2 Å². The van der Waals surface area contributed by atoms with Crippen LogP contribution in [-0.4, -0.2) is 52.2 Å². The Labute approximate surface area is 197 Å². The van der Waals surface area contributed by atoms with Crippen molar-refractivity contribution < 1.29 is 18.3 Å². The van der Waals surface area contributed by atoms with Gasteiger partial charge in [-0.15, -0.1) is 0 Å². The summed E-state index contributed by atoms with van der Waals surface area (Å²) in [7, 11) is 1.48. The van der Waals surface area contributed by atoms with Gasteiger partial charge in [-0.2, -0.15) is 14.0 Å². The SMILES string of the molecule is CC(C)Oc1cc(F)ccc1-n1nn[nH]c1=O.CC(C)Oc1cc(F)ccc1-n1nnn(C)c1=O. The van der Waals surface area contributed by atoms with E-state index in [0.29, 0.717) is 11.4 Å². The molecule has 0 radical (unpaired) electrons. The predicted molar refractivity (Wildman–Crippen MR) is 120 cm³/mol. The van der Waals surface area contributed by atoms with E-state index in [1.807, 2.05) is 13.8 Å². The van der Waals surface area contributed by atoms with E-state index in [1.54, 1.807) is 13.8 Å². The zero-order valence-corrected chi connectivity index (χ0v) is 19.6. The number of aryl methyl sites for hydroxylation is 1. The highest BCUT2D eigenvalue weighted by molar-refractivity contribution is 5.46. The van der Waals surface area contributed by atoms with Crippen LogP contribution in [0.25, 0.3) is 11.4 Å². The Morgan fingerprint density at radius 1 is 0.800 bits per heavy atom. The maximum atomic E-state index is 13.2.